The van der Waals surface area contributed by atoms with Gasteiger partial charge < -0.3 is 15.5 Å². The standard InChI is InChI=1S/C52H58N4O2S2/c1-3-55(4-2)37-35-53-49(57)41-56(38-40-60-52(46-29-17-8-18-30-46,47-31-19-9-20-32-47)48-33-21-10-22-34-48)42-50(58)54-36-39-59-51(43-23-11-5-12-24-43,44-25-13-6-14-26-44)45-27-15-7-16-28-45/h5-34H,3-4,35-42H2,1-2H3,(H,53,57)(H,54,58). The number of likely N-dealkylation sites (N-methyl/N-ethyl adjacent to an activating group) is 1. The molecular formula is C52H58N4O2S2. The molecule has 0 bridgehead atoms. The molecule has 0 spiro atoms. The molecule has 0 saturated heterocycles. The third-order valence-electron chi connectivity index (χ3n) is 10.9. The van der Waals surface area contributed by atoms with Gasteiger partial charge >= 0.3 is 0 Å². The molecule has 8 heteroatoms. The number of hydrogen-bond acceptors (Lipinski definition) is 6. The summed E-state index contributed by atoms with van der Waals surface area (Å²) in [6.45, 7) is 8.76. The van der Waals surface area contributed by atoms with Gasteiger partial charge in [0.15, 0.2) is 0 Å². The second kappa shape index (κ2) is 23.0. The minimum atomic E-state index is -0.496. The van der Waals surface area contributed by atoms with E-state index < -0.39 is 9.49 Å². The van der Waals surface area contributed by atoms with Crippen molar-refractivity contribution >= 4 is 35.3 Å². The molecule has 0 atom stereocenters. The zero-order valence-electron chi connectivity index (χ0n) is 34.9. The fraction of sp³-hybridized carbons (Fsp3) is 0.269. The van der Waals surface area contributed by atoms with Crippen molar-refractivity contribution in [1.82, 2.24) is 20.4 Å². The molecular weight excluding hydrogens is 777 g/mol. The van der Waals surface area contributed by atoms with Crippen LogP contribution < -0.4 is 10.6 Å². The summed E-state index contributed by atoms with van der Waals surface area (Å²) in [5, 5.41) is 6.35. The number of thioether (sulfide) groups is 2. The lowest BCUT2D eigenvalue weighted by Gasteiger charge is -2.36. The fourth-order valence-electron chi connectivity index (χ4n) is 7.88. The van der Waals surface area contributed by atoms with Crippen LogP contribution in [0.25, 0.3) is 0 Å². The van der Waals surface area contributed by atoms with Crippen molar-refractivity contribution in [3.05, 3.63) is 215 Å². The van der Waals surface area contributed by atoms with Crippen LogP contribution in [0.1, 0.15) is 47.2 Å². The van der Waals surface area contributed by atoms with Crippen molar-refractivity contribution in [3.63, 3.8) is 0 Å². The second-order valence-electron chi connectivity index (χ2n) is 14.7. The molecule has 6 aromatic rings. The number of hydrogen-bond donors (Lipinski definition) is 2. The topological polar surface area (TPSA) is 64.7 Å². The lowest BCUT2D eigenvalue weighted by atomic mass is 9.84. The van der Waals surface area contributed by atoms with Crippen molar-refractivity contribution in [2.75, 3.05) is 63.9 Å². The number of carbonyl (C=O) groups excluding carboxylic acids is 2. The summed E-state index contributed by atoms with van der Waals surface area (Å²) >= 11 is 3.67. The molecule has 0 aliphatic heterocycles. The average molecular weight is 835 g/mol. The molecule has 0 aliphatic rings. The summed E-state index contributed by atoms with van der Waals surface area (Å²) in [4.78, 5) is 31.6. The van der Waals surface area contributed by atoms with Gasteiger partial charge in [-0.15, -0.1) is 23.5 Å². The monoisotopic (exact) mass is 834 g/mol. The smallest absolute Gasteiger partial charge is 0.234 e. The summed E-state index contributed by atoms with van der Waals surface area (Å²) in [6.07, 6.45) is 0. The van der Waals surface area contributed by atoms with Gasteiger partial charge in [-0.1, -0.05) is 196 Å². The first-order valence-electron chi connectivity index (χ1n) is 21.1. The number of benzene rings is 6. The molecule has 0 saturated carbocycles. The Hall–Kier alpha value is -5.12. The minimum absolute atomic E-state index is 0.0747. The molecule has 6 nitrogen and oxygen atoms in total. The van der Waals surface area contributed by atoms with Gasteiger partial charge in [-0.05, 0) is 46.5 Å². The molecule has 0 heterocycles. The van der Waals surface area contributed by atoms with Gasteiger partial charge in [0.05, 0.1) is 22.6 Å². The Morgan fingerprint density at radius 3 is 1.03 bits per heavy atom. The SMILES string of the molecule is CCN(CC)CCNC(=O)CN(CCSC(c1ccccc1)(c1ccccc1)c1ccccc1)CC(=O)NCCSC(c1ccccc1)(c1ccccc1)c1ccccc1. The lowest BCUT2D eigenvalue weighted by Crippen LogP contribution is -2.45. The molecule has 2 N–H and O–H groups in total. The van der Waals surface area contributed by atoms with E-state index in [1.165, 1.54) is 33.4 Å². The normalized spacial score (nSPS) is 11.7. The van der Waals surface area contributed by atoms with Crippen LogP contribution in [0.2, 0.25) is 0 Å². The van der Waals surface area contributed by atoms with Crippen LogP contribution >= 0.6 is 23.5 Å². The number of amides is 2. The Labute approximate surface area is 366 Å². The van der Waals surface area contributed by atoms with Crippen molar-refractivity contribution in [3.8, 4) is 0 Å². The van der Waals surface area contributed by atoms with E-state index >= 15 is 0 Å². The highest BCUT2D eigenvalue weighted by Gasteiger charge is 2.38. The Kier molecular flexibility index (Phi) is 17.1. The quantitative estimate of drug-likeness (QED) is 0.0496. The molecule has 0 unspecified atom stereocenters. The van der Waals surface area contributed by atoms with Gasteiger partial charge in [0.1, 0.15) is 0 Å². The Morgan fingerprint density at radius 1 is 0.417 bits per heavy atom. The van der Waals surface area contributed by atoms with Gasteiger partial charge in [0.25, 0.3) is 0 Å². The number of rotatable bonds is 23. The van der Waals surface area contributed by atoms with Gasteiger partial charge in [-0.25, -0.2) is 0 Å². The highest BCUT2D eigenvalue weighted by Crippen LogP contribution is 2.49. The third kappa shape index (κ3) is 11.4. The first-order chi connectivity index (χ1) is 29.5. The van der Waals surface area contributed by atoms with Crippen molar-refractivity contribution in [2.24, 2.45) is 0 Å². The maximum atomic E-state index is 13.9. The molecule has 0 aliphatic carbocycles. The first kappa shape index (κ1) is 44.4. The van der Waals surface area contributed by atoms with E-state index in [0.29, 0.717) is 31.1 Å². The van der Waals surface area contributed by atoms with Crippen LogP contribution in [0, 0.1) is 0 Å². The molecule has 60 heavy (non-hydrogen) atoms. The van der Waals surface area contributed by atoms with E-state index in [-0.39, 0.29) is 24.9 Å². The largest absolute Gasteiger partial charge is 0.354 e. The van der Waals surface area contributed by atoms with Crippen molar-refractivity contribution in [2.45, 2.75) is 23.3 Å². The van der Waals surface area contributed by atoms with Crippen LogP contribution in [-0.2, 0) is 19.1 Å². The Balaban J connectivity index is 1.19. The minimum Gasteiger partial charge on any atom is -0.354 e. The van der Waals surface area contributed by atoms with Crippen molar-refractivity contribution in [1.29, 1.82) is 0 Å². The zero-order valence-corrected chi connectivity index (χ0v) is 36.6. The van der Waals surface area contributed by atoms with E-state index in [0.717, 1.165) is 19.6 Å². The predicted molar refractivity (Wildman–Crippen MR) is 254 cm³/mol. The van der Waals surface area contributed by atoms with Gasteiger partial charge in [0.2, 0.25) is 11.8 Å². The van der Waals surface area contributed by atoms with Gasteiger partial charge in [0, 0.05) is 37.7 Å². The van der Waals surface area contributed by atoms with E-state index in [1.807, 2.05) is 28.4 Å². The number of nitrogens with zero attached hydrogens (tertiary/aromatic N) is 2. The number of nitrogens with one attached hydrogen (secondary N) is 2. The fourth-order valence-corrected chi connectivity index (χ4v) is 10.9. The van der Waals surface area contributed by atoms with E-state index in [9.17, 15) is 9.59 Å². The summed E-state index contributed by atoms with van der Waals surface area (Å²) in [6, 6.07) is 63.8. The molecule has 0 fully saturated rings. The van der Waals surface area contributed by atoms with Crippen LogP contribution in [0.5, 0.6) is 0 Å². The molecule has 310 valence electrons. The zero-order chi connectivity index (χ0) is 41.9. The Bertz CT molecular complexity index is 1950. The Morgan fingerprint density at radius 2 is 0.717 bits per heavy atom. The average Bonchev–Trinajstić information content (AvgIpc) is 3.31. The molecule has 6 rings (SSSR count). The van der Waals surface area contributed by atoms with Gasteiger partial charge in [-0.3, -0.25) is 14.5 Å². The molecule has 2 amide bonds. The summed E-state index contributed by atoms with van der Waals surface area (Å²) in [7, 11) is 0. The second-order valence-corrected chi connectivity index (χ2v) is 17.3. The van der Waals surface area contributed by atoms with Crippen molar-refractivity contribution < 1.29 is 9.59 Å². The highest BCUT2D eigenvalue weighted by atomic mass is 32.2. The van der Waals surface area contributed by atoms with Crippen LogP contribution in [-0.4, -0.2) is 85.5 Å². The summed E-state index contributed by atoms with van der Waals surface area (Å²) < 4.78 is -0.965. The van der Waals surface area contributed by atoms with E-state index in [2.05, 4.69) is 211 Å². The summed E-state index contributed by atoms with van der Waals surface area (Å²) in [5.74, 6) is 1.19. The molecule has 0 aromatic heterocycles. The maximum Gasteiger partial charge on any atom is 0.234 e. The third-order valence-corrected chi connectivity index (χ3v) is 14.0. The summed E-state index contributed by atoms with van der Waals surface area (Å²) in [5.41, 5.74) is 7.11. The molecule has 6 aromatic carbocycles. The van der Waals surface area contributed by atoms with Crippen LogP contribution in [0.4, 0.5) is 0 Å². The highest BCUT2D eigenvalue weighted by molar-refractivity contribution is 8.00. The van der Waals surface area contributed by atoms with Gasteiger partial charge in [-0.2, -0.15) is 0 Å². The van der Waals surface area contributed by atoms with Crippen LogP contribution in [0.15, 0.2) is 182 Å². The van der Waals surface area contributed by atoms with E-state index in [1.54, 1.807) is 0 Å². The predicted octanol–water partition coefficient (Wildman–Crippen LogP) is 9.31. The van der Waals surface area contributed by atoms with E-state index in [4.69, 9.17) is 0 Å². The first-order valence-corrected chi connectivity index (χ1v) is 23.1. The van der Waals surface area contributed by atoms with Crippen LogP contribution in [0.3, 0.4) is 0 Å². The lowest BCUT2D eigenvalue weighted by molar-refractivity contribution is -0.125. The maximum absolute atomic E-state index is 13.9. The number of carbonyl (C=O) groups is 2. The molecule has 0 radical (unpaired) electrons.